The largest absolute Gasteiger partial charge is 0.372 e. The Balaban J connectivity index is 1.57. The molecule has 1 saturated heterocycles. The summed E-state index contributed by atoms with van der Waals surface area (Å²) in [5.41, 5.74) is 6.15. The molecule has 5 rings (SSSR count). The number of nitrogens with zero attached hydrogens (tertiary/aromatic N) is 5. The lowest BCUT2D eigenvalue weighted by Gasteiger charge is -2.38. The van der Waals surface area contributed by atoms with Gasteiger partial charge in [-0.15, -0.1) is 5.73 Å². The molecule has 0 amide bonds. The summed E-state index contributed by atoms with van der Waals surface area (Å²) < 4.78 is 21.3. The van der Waals surface area contributed by atoms with E-state index in [1.54, 1.807) is 24.5 Å². The lowest BCUT2D eigenvalue weighted by atomic mass is 10.1. The number of imidazole rings is 1. The third-order valence-corrected chi connectivity index (χ3v) is 5.30. The molecule has 0 spiro atoms. The highest BCUT2D eigenvalue weighted by molar-refractivity contribution is 5.71. The minimum Gasteiger partial charge on any atom is -0.372 e. The first kappa shape index (κ1) is 19.4. The Morgan fingerprint density at radius 1 is 1.13 bits per heavy atom. The van der Waals surface area contributed by atoms with Gasteiger partial charge in [-0.05, 0) is 50.3 Å². The fourth-order valence-electron chi connectivity index (χ4n) is 3.87. The molecule has 1 aliphatic heterocycles. The van der Waals surface area contributed by atoms with E-state index >= 15 is 0 Å². The van der Waals surface area contributed by atoms with E-state index in [2.05, 4.69) is 34.4 Å². The summed E-state index contributed by atoms with van der Waals surface area (Å²) in [5, 5.41) is 0. The molecule has 0 N–H and O–H groups in total. The number of aromatic nitrogens is 4. The van der Waals surface area contributed by atoms with E-state index < -0.39 is 0 Å². The second kappa shape index (κ2) is 7.61. The third-order valence-electron chi connectivity index (χ3n) is 5.30. The number of benzene rings is 1. The lowest BCUT2D eigenvalue weighted by Crippen LogP contribution is -2.48. The lowest BCUT2D eigenvalue weighted by molar-refractivity contribution is -0.0281. The molecule has 0 radical (unpaired) electrons. The van der Waals surface area contributed by atoms with E-state index in [4.69, 9.17) is 9.72 Å². The molecule has 1 aliphatic carbocycles. The van der Waals surface area contributed by atoms with Crippen LogP contribution in [-0.4, -0.2) is 44.8 Å². The van der Waals surface area contributed by atoms with Crippen molar-refractivity contribution >= 4 is 18.1 Å². The minimum atomic E-state index is -0.284. The first-order valence-electron chi connectivity index (χ1n) is 10.2. The van der Waals surface area contributed by atoms with Gasteiger partial charge in [0, 0.05) is 37.2 Å². The van der Waals surface area contributed by atoms with Crippen molar-refractivity contribution in [1.29, 1.82) is 0 Å². The standard InChI is InChI=1S/C24H22FN5O/c1-24(2)16-29(12-13-31-24)23-26-14-17(15-27-23)22-28-20-6-4-3-5-7-21(20)30(22)19-10-8-18(25)9-11-19/h3-4,6-11,14-15H,12-13,16H2,1-2H3. The quantitative estimate of drug-likeness (QED) is 0.598. The summed E-state index contributed by atoms with van der Waals surface area (Å²) in [6.45, 7) is 6.26. The van der Waals surface area contributed by atoms with E-state index in [0.29, 0.717) is 18.4 Å². The number of fused-ring (bicyclic) bond motifs is 1. The zero-order chi connectivity index (χ0) is 21.4. The molecule has 2 aromatic heterocycles. The second-order valence-corrected chi connectivity index (χ2v) is 8.16. The topological polar surface area (TPSA) is 56.1 Å². The van der Waals surface area contributed by atoms with Crippen molar-refractivity contribution in [3.63, 3.8) is 0 Å². The fourth-order valence-corrected chi connectivity index (χ4v) is 3.87. The highest BCUT2D eigenvalue weighted by Gasteiger charge is 2.28. The van der Waals surface area contributed by atoms with Crippen LogP contribution in [0.1, 0.15) is 25.2 Å². The Bertz CT molecular complexity index is 1200. The van der Waals surface area contributed by atoms with Crippen LogP contribution >= 0.6 is 0 Å². The van der Waals surface area contributed by atoms with E-state index in [1.807, 2.05) is 28.9 Å². The highest BCUT2D eigenvalue weighted by atomic mass is 19.1. The van der Waals surface area contributed by atoms with Crippen molar-refractivity contribution in [3.05, 3.63) is 71.7 Å². The molecule has 6 nitrogen and oxygen atoms in total. The van der Waals surface area contributed by atoms with E-state index in [-0.39, 0.29) is 11.4 Å². The van der Waals surface area contributed by atoms with Crippen LogP contribution < -0.4 is 4.90 Å². The molecular formula is C24H22FN5O. The molecule has 156 valence electrons. The maximum Gasteiger partial charge on any atom is 0.225 e. The summed E-state index contributed by atoms with van der Waals surface area (Å²) >= 11 is 0. The van der Waals surface area contributed by atoms with Gasteiger partial charge in [-0.2, -0.15) is 0 Å². The predicted molar refractivity (Wildman–Crippen MR) is 118 cm³/mol. The fraction of sp³-hybridized carbons (Fsp3) is 0.250. The molecule has 0 bridgehead atoms. The van der Waals surface area contributed by atoms with Gasteiger partial charge in [-0.25, -0.2) is 19.3 Å². The van der Waals surface area contributed by atoms with Crippen LogP contribution in [0.15, 0.2) is 54.5 Å². The van der Waals surface area contributed by atoms with E-state index in [9.17, 15) is 4.39 Å². The van der Waals surface area contributed by atoms with Gasteiger partial charge in [0.15, 0.2) is 0 Å². The first-order chi connectivity index (χ1) is 15.0. The Hall–Kier alpha value is -3.54. The second-order valence-electron chi connectivity index (χ2n) is 8.16. The summed E-state index contributed by atoms with van der Waals surface area (Å²) in [6, 6.07) is 6.35. The number of morpholine rings is 1. The van der Waals surface area contributed by atoms with Crippen molar-refractivity contribution in [3.8, 4) is 17.1 Å². The van der Waals surface area contributed by atoms with Crippen LogP contribution in [0.25, 0.3) is 29.2 Å². The Morgan fingerprint density at radius 2 is 1.90 bits per heavy atom. The maximum atomic E-state index is 13.5. The van der Waals surface area contributed by atoms with Crippen molar-refractivity contribution in [2.45, 2.75) is 19.4 Å². The van der Waals surface area contributed by atoms with Crippen LogP contribution in [0, 0.1) is 5.82 Å². The van der Waals surface area contributed by atoms with Crippen LogP contribution in [-0.2, 0) is 4.74 Å². The Kier molecular flexibility index (Phi) is 4.77. The number of ether oxygens (including phenoxy) is 1. The molecule has 3 aromatic rings. The zero-order valence-corrected chi connectivity index (χ0v) is 17.4. The van der Waals surface area contributed by atoms with Gasteiger partial charge in [0.25, 0.3) is 0 Å². The summed E-state index contributed by atoms with van der Waals surface area (Å²) in [4.78, 5) is 16.2. The van der Waals surface area contributed by atoms with Gasteiger partial charge in [-0.1, -0.05) is 6.08 Å². The number of hydrogen-bond donors (Lipinski definition) is 0. The van der Waals surface area contributed by atoms with Crippen LogP contribution in [0.2, 0.25) is 0 Å². The molecule has 2 aliphatic rings. The monoisotopic (exact) mass is 415 g/mol. The molecule has 7 heteroatoms. The summed E-state index contributed by atoms with van der Waals surface area (Å²) in [5.74, 6) is 1.08. The molecule has 0 atom stereocenters. The van der Waals surface area contributed by atoms with Gasteiger partial charge in [-0.3, -0.25) is 4.57 Å². The average molecular weight is 415 g/mol. The number of allylic oxidation sites excluding steroid dienone is 2. The van der Waals surface area contributed by atoms with Gasteiger partial charge in [0.1, 0.15) is 11.6 Å². The average Bonchev–Trinajstić information content (AvgIpc) is 2.96. The molecule has 1 aromatic carbocycles. The van der Waals surface area contributed by atoms with Crippen LogP contribution in [0.3, 0.4) is 0 Å². The number of halogens is 1. The van der Waals surface area contributed by atoms with Crippen molar-refractivity contribution in [1.82, 2.24) is 19.5 Å². The van der Waals surface area contributed by atoms with E-state index in [0.717, 1.165) is 35.7 Å². The maximum absolute atomic E-state index is 13.5. The van der Waals surface area contributed by atoms with Gasteiger partial charge >= 0.3 is 0 Å². The summed E-state index contributed by atoms with van der Waals surface area (Å²) in [6.07, 6.45) is 11.1. The smallest absolute Gasteiger partial charge is 0.225 e. The number of hydrogen-bond acceptors (Lipinski definition) is 5. The molecule has 1 fully saturated rings. The minimum absolute atomic E-state index is 0.233. The van der Waals surface area contributed by atoms with E-state index in [1.165, 1.54) is 12.1 Å². The molecule has 0 saturated carbocycles. The van der Waals surface area contributed by atoms with Gasteiger partial charge < -0.3 is 9.64 Å². The molecule has 3 heterocycles. The predicted octanol–water partition coefficient (Wildman–Crippen LogP) is 4.28. The summed E-state index contributed by atoms with van der Waals surface area (Å²) in [7, 11) is 0. The number of rotatable bonds is 3. The van der Waals surface area contributed by atoms with Gasteiger partial charge in [0.05, 0.1) is 29.2 Å². The molecule has 0 unspecified atom stereocenters. The number of anilines is 1. The molecular weight excluding hydrogens is 393 g/mol. The van der Waals surface area contributed by atoms with Crippen LogP contribution in [0.4, 0.5) is 10.3 Å². The van der Waals surface area contributed by atoms with Gasteiger partial charge in [0.2, 0.25) is 5.95 Å². The zero-order valence-electron chi connectivity index (χ0n) is 17.4. The third kappa shape index (κ3) is 3.81. The normalized spacial score (nSPS) is 16.9. The SMILES string of the molecule is CC1(C)CN(c2ncc(-c3nc4c(n3-c3ccc(F)cc3)C=C=CC=C4)cn2)CCO1. The Labute approximate surface area is 180 Å². The first-order valence-corrected chi connectivity index (χ1v) is 10.2. The van der Waals surface area contributed by atoms with Crippen molar-refractivity contribution in [2.75, 3.05) is 24.6 Å². The van der Waals surface area contributed by atoms with Crippen molar-refractivity contribution < 1.29 is 9.13 Å². The Morgan fingerprint density at radius 3 is 2.65 bits per heavy atom. The highest BCUT2D eigenvalue weighted by Crippen LogP contribution is 2.29. The molecule has 31 heavy (non-hydrogen) atoms. The van der Waals surface area contributed by atoms with Crippen LogP contribution in [0.5, 0.6) is 0 Å². The van der Waals surface area contributed by atoms with Crippen molar-refractivity contribution in [2.24, 2.45) is 0 Å².